The fourth-order valence-corrected chi connectivity index (χ4v) is 3.31. The number of rotatable bonds is 6. The Labute approximate surface area is 173 Å². The van der Waals surface area contributed by atoms with Crippen LogP contribution in [0.3, 0.4) is 0 Å². The van der Waals surface area contributed by atoms with Gasteiger partial charge in [0, 0.05) is 42.3 Å². The molecule has 0 spiro atoms. The van der Waals surface area contributed by atoms with Crippen LogP contribution < -0.4 is 5.32 Å². The maximum Gasteiger partial charge on any atom is 0.195 e. The first-order valence-electron chi connectivity index (χ1n) is 10.00. The minimum atomic E-state index is 0.591. The summed E-state index contributed by atoms with van der Waals surface area (Å²) in [6.07, 6.45) is 8.21. The van der Waals surface area contributed by atoms with Gasteiger partial charge in [0.15, 0.2) is 22.9 Å². The summed E-state index contributed by atoms with van der Waals surface area (Å²) in [5.41, 5.74) is 4.00. The van der Waals surface area contributed by atoms with E-state index in [1.165, 1.54) is 0 Å². The maximum atomic E-state index is 5.93. The molecular formula is C23H20N6O. The predicted molar refractivity (Wildman–Crippen MR) is 116 cm³/mol. The average Bonchev–Trinajstić information content (AvgIpc) is 3.20. The molecule has 0 bridgehead atoms. The number of nitrogens with one attached hydrogen (secondary N) is 1. The third-order valence-electron chi connectivity index (χ3n) is 4.85. The number of oxazole rings is 1. The molecule has 0 aliphatic carbocycles. The summed E-state index contributed by atoms with van der Waals surface area (Å²) in [5.74, 6) is 2.05. The molecule has 4 aromatic heterocycles. The number of benzene rings is 1. The van der Waals surface area contributed by atoms with Crippen LogP contribution in [0.1, 0.15) is 25.7 Å². The first-order chi connectivity index (χ1) is 14.8. The van der Waals surface area contributed by atoms with E-state index >= 15 is 0 Å². The van der Waals surface area contributed by atoms with Crippen LogP contribution >= 0.6 is 0 Å². The molecule has 0 saturated heterocycles. The molecule has 148 valence electrons. The number of hydrogen-bond donors (Lipinski definition) is 1. The molecular weight excluding hydrogens is 376 g/mol. The molecule has 0 aliphatic heterocycles. The van der Waals surface area contributed by atoms with Gasteiger partial charge in [-0.25, -0.2) is 19.9 Å². The molecule has 30 heavy (non-hydrogen) atoms. The Balaban J connectivity index is 1.54. The van der Waals surface area contributed by atoms with Crippen molar-refractivity contribution in [1.29, 1.82) is 0 Å². The quantitative estimate of drug-likeness (QED) is 0.416. The van der Waals surface area contributed by atoms with E-state index in [-0.39, 0.29) is 0 Å². The van der Waals surface area contributed by atoms with E-state index in [2.05, 4.69) is 32.2 Å². The van der Waals surface area contributed by atoms with Crippen molar-refractivity contribution in [2.45, 2.75) is 26.2 Å². The Kier molecular flexibility index (Phi) is 4.77. The molecule has 7 heteroatoms. The van der Waals surface area contributed by atoms with Gasteiger partial charge in [0.2, 0.25) is 0 Å². The smallest absolute Gasteiger partial charge is 0.195 e. The summed E-state index contributed by atoms with van der Waals surface area (Å²) in [4.78, 5) is 22.4. The summed E-state index contributed by atoms with van der Waals surface area (Å²) in [6, 6.07) is 13.5. The van der Waals surface area contributed by atoms with Gasteiger partial charge in [-0.15, -0.1) is 0 Å². The van der Waals surface area contributed by atoms with Crippen LogP contribution in [0.4, 0.5) is 11.5 Å². The lowest BCUT2D eigenvalue weighted by atomic mass is 10.2. The topological polar surface area (TPSA) is 89.6 Å². The molecule has 5 rings (SSSR count). The number of pyridine rings is 2. The number of aryl methyl sites for hydroxylation is 1. The van der Waals surface area contributed by atoms with Crippen molar-refractivity contribution in [3.63, 3.8) is 0 Å². The molecule has 0 unspecified atom stereocenters. The van der Waals surface area contributed by atoms with Crippen LogP contribution in [0.25, 0.3) is 33.5 Å². The molecule has 0 radical (unpaired) electrons. The normalized spacial score (nSPS) is 11.2. The van der Waals surface area contributed by atoms with Gasteiger partial charge < -0.3 is 9.73 Å². The van der Waals surface area contributed by atoms with Gasteiger partial charge in [0.05, 0.1) is 5.39 Å². The lowest BCUT2D eigenvalue weighted by molar-refractivity contribution is 0.518. The summed E-state index contributed by atoms with van der Waals surface area (Å²) < 4.78 is 5.93. The van der Waals surface area contributed by atoms with Crippen molar-refractivity contribution in [2.24, 2.45) is 0 Å². The average molecular weight is 396 g/mol. The Bertz CT molecular complexity index is 1320. The molecule has 4 heterocycles. The van der Waals surface area contributed by atoms with E-state index in [0.29, 0.717) is 17.3 Å². The third-order valence-corrected chi connectivity index (χ3v) is 4.85. The minimum Gasteiger partial charge on any atom is -0.441 e. The van der Waals surface area contributed by atoms with Gasteiger partial charge in [-0.1, -0.05) is 13.3 Å². The van der Waals surface area contributed by atoms with E-state index in [1.54, 1.807) is 18.6 Å². The van der Waals surface area contributed by atoms with Crippen molar-refractivity contribution in [3.05, 3.63) is 66.9 Å². The number of anilines is 2. The fraction of sp³-hybridized carbons (Fsp3) is 0.174. The van der Waals surface area contributed by atoms with E-state index in [1.807, 2.05) is 42.5 Å². The Morgan fingerprint density at radius 3 is 2.73 bits per heavy atom. The van der Waals surface area contributed by atoms with Gasteiger partial charge in [0.25, 0.3) is 0 Å². The summed E-state index contributed by atoms with van der Waals surface area (Å²) >= 11 is 0. The zero-order valence-electron chi connectivity index (χ0n) is 16.5. The predicted octanol–water partition coefficient (Wildman–Crippen LogP) is 5.31. The van der Waals surface area contributed by atoms with Crippen molar-refractivity contribution in [3.8, 4) is 11.4 Å². The molecule has 1 aromatic carbocycles. The van der Waals surface area contributed by atoms with Crippen LogP contribution in [0.5, 0.6) is 0 Å². The lowest BCUT2D eigenvalue weighted by Crippen LogP contribution is -2.00. The third kappa shape index (κ3) is 3.57. The molecule has 0 atom stereocenters. The fourth-order valence-electron chi connectivity index (χ4n) is 3.31. The molecule has 0 amide bonds. The Morgan fingerprint density at radius 2 is 1.87 bits per heavy atom. The van der Waals surface area contributed by atoms with Gasteiger partial charge in [-0.05, 0) is 42.8 Å². The minimum absolute atomic E-state index is 0.591. The van der Waals surface area contributed by atoms with Gasteiger partial charge in [-0.2, -0.15) is 0 Å². The highest BCUT2D eigenvalue weighted by Gasteiger charge is 2.12. The van der Waals surface area contributed by atoms with Crippen molar-refractivity contribution >= 4 is 33.6 Å². The molecule has 0 fully saturated rings. The van der Waals surface area contributed by atoms with Crippen molar-refractivity contribution in [2.75, 3.05) is 5.32 Å². The van der Waals surface area contributed by atoms with E-state index in [0.717, 1.165) is 52.9 Å². The van der Waals surface area contributed by atoms with E-state index < -0.39 is 0 Å². The molecule has 7 nitrogen and oxygen atoms in total. The second kappa shape index (κ2) is 7.87. The molecule has 0 saturated carbocycles. The first kappa shape index (κ1) is 18.2. The number of nitrogens with zero attached hydrogens (tertiary/aromatic N) is 5. The maximum absolute atomic E-state index is 5.93. The van der Waals surface area contributed by atoms with Gasteiger partial charge in [0.1, 0.15) is 11.3 Å². The van der Waals surface area contributed by atoms with E-state index in [4.69, 9.17) is 9.40 Å². The second-order valence-corrected chi connectivity index (χ2v) is 7.02. The molecule has 0 aliphatic rings. The first-order valence-corrected chi connectivity index (χ1v) is 10.00. The van der Waals surface area contributed by atoms with Gasteiger partial charge in [-0.3, -0.25) is 4.98 Å². The largest absolute Gasteiger partial charge is 0.441 e. The van der Waals surface area contributed by atoms with Crippen LogP contribution in [-0.2, 0) is 6.42 Å². The Hall–Kier alpha value is -3.87. The van der Waals surface area contributed by atoms with Crippen LogP contribution in [0.2, 0.25) is 0 Å². The monoisotopic (exact) mass is 396 g/mol. The summed E-state index contributed by atoms with van der Waals surface area (Å²) in [5, 5.41) is 4.25. The molecule has 5 aromatic rings. The zero-order valence-corrected chi connectivity index (χ0v) is 16.5. The van der Waals surface area contributed by atoms with Gasteiger partial charge >= 0.3 is 0 Å². The number of unbranched alkanes of at least 4 members (excludes halogenated alkanes) is 1. The highest BCUT2D eigenvalue weighted by molar-refractivity contribution is 5.90. The van der Waals surface area contributed by atoms with Crippen LogP contribution in [0.15, 0.2) is 65.5 Å². The van der Waals surface area contributed by atoms with E-state index in [9.17, 15) is 0 Å². The summed E-state index contributed by atoms with van der Waals surface area (Å²) in [7, 11) is 0. The second-order valence-electron chi connectivity index (χ2n) is 7.02. The molecule has 1 N–H and O–H groups in total. The highest BCUT2D eigenvalue weighted by Crippen LogP contribution is 2.28. The number of aromatic nitrogens is 5. The highest BCUT2D eigenvalue weighted by atomic mass is 16.3. The standard InChI is InChI=1S/C23H20N6O/c1-2-3-6-20-27-18-8-7-16(14-19(18)30-20)26-23-17-5-4-11-25-22(17)28-21(29-23)15-9-12-24-13-10-15/h4-5,7-14H,2-3,6H2,1H3,(H,25,26,28,29). The number of hydrogen-bond acceptors (Lipinski definition) is 7. The van der Waals surface area contributed by atoms with Crippen molar-refractivity contribution < 1.29 is 4.42 Å². The summed E-state index contributed by atoms with van der Waals surface area (Å²) in [6.45, 7) is 2.16. The Morgan fingerprint density at radius 1 is 0.967 bits per heavy atom. The van der Waals surface area contributed by atoms with Crippen LogP contribution in [-0.4, -0.2) is 24.9 Å². The van der Waals surface area contributed by atoms with Crippen molar-refractivity contribution in [1.82, 2.24) is 24.9 Å². The zero-order chi connectivity index (χ0) is 20.3. The number of fused-ring (bicyclic) bond motifs is 2. The lowest BCUT2D eigenvalue weighted by Gasteiger charge is -2.10. The van der Waals surface area contributed by atoms with Crippen LogP contribution in [0, 0.1) is 0 Å². The SMILES string of the molecule is CCCCc1nc2ccc(Nc3nc(-c4ccncc4)nc4ncccc34)cc2o1.